The van der Waals surface area contributed by atoms with Gasteiger partial charge >= 0.3 is 0 Å². The van der Waals surface area contributed by atoms with Crippen LogP contribution in [0.5, 0.6) is 5.75 Å². The number of ether oxygens (including phenoxy) is 1. The first kappa shape index (κ1) is 21.0. The Hall–Kier alpha value is -2.34. The average Bonchev–Trinajstić information content (AvgIpc) is 3.19. The molecule has 4 nitrogen and oxygen atoms in total. The van der Waals surface area contributed by atoms with E-state index in [4.69, 9.17) is 10.5 Å². The van der Waals surface area contributed by atoms with E-state index >= 15 is 0 Å². The number of carbonyl (C=O) groups is 1. The van der Waals surface area contributed by atoms with E-state index in [0.29, 0.717) is 12.2 Å². The Kier molecular flexibility index (Phi) is 8.33. The van der Waals surface area contributed by atoms with Gasteiger partial charge in [-0.05, 0) is 53.3 Å². The van der Waals surface area contributed by atoms with Crippen molar-refractivity contribution in [2.24, 2.45) is 5.73 Å². The molecule has 142 valence electrons. The van der Waals surface area contributed by atoms with Gasteiger partial charge in [0, 0.05) is 23.5 Å². The Bertz CT molecular complexity index is 818. The first-order valence-corrected chi connectivity index (χ1v) is 9.46. The van der Waals surface area contributed by atoms with Crippen LogP contribution in [-0.4, -0.2) is 25.6 Å². The number of carbonyl (C=O) groups excluding carboxylic acids is 1. The van der Waals surface area contributed by atoms with Crippen molar-refractivity contribution < 1.29 is 9.53 Å². The Balaban J connectivity index is 0.00000261. The molecule has 0 fully saturated rings. The summed E-state index contributed by atoms with van der Waals surface area (Å²) in [6.07, 6.45) is 1.06. The fraction of sp³-hybridized carbons (Fsp3) is 0.190. The normalized spacial score (nSPS) is 10.2. The third-order valence-electron chi connectivity index (χ3n) is 4.03. The molecule has 1 amide bonds. The zero-order valence-corrected chi connectivity index (χ0v) is 16.5. The minimum absolute atomic E-state index is 0. The van der Waals surface area contributed by atoms with Crippen molar-refractivity contribution in [1.82, 2.24) is 5.32 Å². The molecule has 3 N–H and O–H groups in total. The van der Waals surface area contributed by atoms with Gasteiger partial charge in [0.15, 0.2) is 0 Å². The van der Waals surface area contributed by atoms with Gasteiger partial charge in [-0.1, -0.05) is 30.3 Å². The third-order valence-corrected chi connectivity index (χ3v) is 4.97. The maximum absolute atomic E-state index is 11.1. The number of hydrogen-bond donors (Lipinski definition) is 2. The van der Waals surface area contributed by atoms with Crippen LogP contribution in [0.1, 0.15) is 15.2 Å². The summed E-state index contributed by atoms with van der Waals surface area (Å²) in [5.41, 5.74) is 7.89. The van der Waals surface area contributed by atoms with Crippen molar-refractivity contribution in [1.29, 1.82) is 0 Å². The second-order valence-electron chi connectivity index (χ2n) is 5.89. The lowest BCUT2D eigenvalue weighted by molar-refractivity contribution is 0.100. The maximum atomic E-state index is 11.1. The third kappa shape index (κ3) is 6.40. The molecule has 3 rings (SSSR count). The minimum atomic E-state index is -0.413. The Labute approximate surface area is 169 Å². The fourth-order valence-electron chi connectivity index (χ4n) is 2.60. The van der Waals surface area contributed by atoms with Gasteiger partial charge in [0.1, 0.15) is 12.4 Å². The summed E-state index contributed by atoms with van der Waals surface area (Å²) in [5, 5.41) is 5.49. The van der Waals surface area contributed by atoms with Gasteiger partial charge in [0.2, 0.25) is 5.91 Å². The van der Waals surface area contributed by atoms with E-state index in [1.165, 1.54) is 4.88 Å². The number of thiophene rings is 1. The summed E-state index contributed by atoms with van der Waals surface area (Å²) in [7, 11) is 0. The van der Waals surface area contributed by atoms with E-state index in [2.05, 4.69) is 22.8 Å². The second-order valence-corrected chi connectivity index (χ2v) is 6.93. The van der Waals surface area contributed by atoms with Crippen LogP contribution in [0.2, 0.25) is 0 Å². The number of amides is 1. The Morgan fingerprint density at radius 2 is 1.63 bits per heavy atom. The molecular weight excluding hydrogens is 380 g/mol. The molecule has 1 heterocycles. The summed E-state index contributed by atoms with van der Waals surface area (Å²) >= 11 is 1.79. The molecule has 0 aliphatic heterocycles. The fourth-order valence-corrected chi connectivity index (χ4v) is 3.31. The van der Waals surface area contributed by atoms with Gasteiger partial charge in [-0.25, -0.2) is 0 Å². The lowest BCUT2D eigenvalue weighted by Gasteiger charge is -2.08. The minimum Gasteiger partial charge on any atom is -0.492 e. The zero-order chi connectivity index (χ0) is 18.2. The maximum Gasteiger partial charge on any atom is 0.248 e. The quantitative estimate of drug-likeness (QED) is 0.528. The van der Waals surface area contributed by atoms with Crippen LogP contribution >= 0.6 is 23.7 Å². The molecule has 0 spiro atoms. The van der Waals surface area contributed by atoms with E-state index < -0.39 is 5.91 Å². The monoisotopic (exact) mass is 402 g/mol. The summed E-state index contributed by atoms with van der Waals surface area (Å²) in [6.45, 7) is 2.42. The average molecular weight is 403 g/mol. The van der Waals surface area contributed by atoms with Crippen molar-refractivity contribution >= 4 is 29.7 Å². The number of nitrogens with two attached hydrogens (primary N) is 1. The van der Waals surface area contributed by atoms with Crippen LogP contribution in [0.15, 0.2) is 66.0 Å². The van der Waals surface area contributed by atoms with Crippen LogP contribution < -0.4 is 15.8 Å². The topological polar surface area (TPSA) is 64.4 Å². The molecule has 3 aromatic rings. The highest BCUT2D eigenvalue weighted by molar-refractivity contribution is 7.09. The van der Waals surface area contributed by atoms with Crippen LogP contribution in [0.4, 0.5) is 0 Å². The van der Waals surface area contributed by atoms with Crippen LogP contribution in [0, 0.1) is 0 Å². The molecule has 2 aromatic carbocycles. The van der Waals surface area contributed by atoms with Crippen molar-refractivity contribution in [2.45, 2.75) is 6.42 Å². The lowest BCUT2D eigenvalue weighted by atomic mass is 10.0. The highest BCUT2D eigenvalue weighted by atomic mass is 35.5. The van der Waals surface area contributed by atoms with Gasteiger partial charge in [-0.15, -0.1) is 23.7 Å². The number of benzene rings is 2. The molecule has 27 heavy (non-hydrogen) atoms. The molecule has 0 atom stereocenters. The van der Waals surface area contributed by atoms with Gasteiger partial charge < -0.3 is 15.8 Å². The number of rotatable bonds is 9. The van der Waals surface area contributed by atoms with Crippen LogP contribution in [-0.2, 0) is 6.42 Å². The van der Waals surface area contributed by atoms with Crippen LogP contribution in [0.25, 0.3) is 11.1 Å². The van der Waals surface area contributed by atoms with E-state index in [9.17, 15) is 4.79 Å². The molecule has 0 bridgehead atoms. The first-order valence-electron chi connectivity index (χ1n) is 8.58. The van der Waals surface area contributed by atoms with Crippen LogP contribution in [0.3, 0.4) is 0 Å². The number of halogens is 1. The number of nitrogens with one attached hydrogen (secondary N) is 1. The molecule has 0 saturated carbocycles. The van der Waals surface area contributed by atoms with E-state index in [1.807, 2.05) is 36.4 Å². The summed E-state index contributed by atoms with van der Waals surface area (Å²) < 4.78 is 5.76. The molecule has 1 aromatic heterocycles. The smallest absolute Gasteiger partial charge is 0.248 e. The summed E-state index contributed by atoms with van der Waals surface area (Å²) in [6, 6.07) is 19.5. The predicted molar refractivity (Wildman–Crippen MR) is 114 cm³/mol. The zero-order valence-electron chi connectivity index (χ0n) is 14.9. The Morgan fingerprint density at radius 3 is 2.22 bits per heavy atom. The predicted octanol–water partition coefficient (Wildman–Crippen LogP) is 4.15. The SMILES string of the molecule is Cl.NC(=O)c1ccc(-c2ccc(OCCNCCc3cccs3)cc2)cc1. The summed E-state index contributed by atoms with van der Waals surface area (Å²) in [4.78, 5) is 12.5. The first-order chi connectivity index (χ1) is 12.7. The van der Waals surface area contributed by atoms with E-state index in [-0.39, 0.29) is 12.4 Å². The van der Waals surface area contributed by atoms with E-state index in [1.54, 1.807) is 23.5 Å². The molecule has 6 heteroatoms. The Morgan fingerprint density at radius 1 is 0.963 bits per heavy atom. The highest BCUT2D eigenvalue weighted by Crippen LogP contribution is 2.22. The highest BCUT2D eigenvalue weighted by Gasteiger charge is 2.02. The standard InChI is InChI=1S/C21H22N2O2S.ClH/c22-21(24)18-5-3-16(4-6-18)17-7-9-19(10-8-17)25-14-13-23-12-11-20-2-1-15-26-20;/h1-10,15,23H,11-14H2,(H2,22,24);1H. The lowest BCUT2D eigenvalue weighted by Crippen LogP contribution is -2.23. The summed E-state index contributed by atoms with van der Waals surface area (Å²) in [5.74, 6) is 0.437. The largest absolute Gasteiger partial charge is 0.492 e. The molecule has 0 radical (unpaired) electrons. The van der Waals surface area contributed by atoms with E-state index in [0.717, 1.165) is 36.4 Å². The molecule has 0 aliphatic rings. The van der Waals surface area contributed by atoms with Gasteiger partial charge in [0.05, 0.1) is 0 Å². The van der Waals surface area contributed by atoms with Crippen molar-refractivity contribution in [3.8, 4) is 16.9 Å². The molecular formula is C21H23ClN2O2S. The van der Waals surface area contributed by atoms with Crippen molar-refractivity contribution in [3.05, 3.63) is 76.5 Å². The van der Waals surface area contributed by atoms with Crippen molar-refractivity contribution in [2.75, 3.05) is 19.7 Å². The second kappa shape index (κ2) is 10.7. The van der Waals surface area contributed by atoms with Gasteiger partial charge in [-0.2, -0.15) is 0 Å². The van der Waals surface area contributed by atoms with Gasteiger partial charge in [-0.3, -0.25) is 4.79 Å². The van der Waals surface area contributed by atoms with Crippen molar-refractivity contribution in [3.63, 3.8) is 0 Å². The molecule has 0 saturated heterocycles. The molecule has 0 aliphatic carbocycles. The van der Waals surface area contributed by atoms with Gasteiger partial charge in [0.25, 0.3) is 0 Å². The number of hydrogen-bond acceptors (Lipinski definition) is 4. The number of primary amides is 1. The molecule has 0 unspecified atom stereocenters.